The molecule has 0 saturated carbocycles. The molecule has 0 radical (unpaired) electrons. The van der Waals surface area contributed by atoms with E-state index in [9.17, 15) is 14.4 Å². The van der Waals surface area contributed by atoms with E-state index in [1.807, 2.05) is 12.1 Å². The van der Waals surface area contributed by atoms with Gasteiger partial charge in [-0.05, 0) is 24.3 Å². The third-order valence-electron chi connectivity index (χ3n) is 4.14. The molecule has 2 aromatic carbocycles. The number of nitrogen functional groups attached to an aromatic ring is 1. The predicted octanol–water partition coefficient (Wildman–Crippen LogP) is 1.00. The number of imide groups is 1. The Labute approximate surface area is 156 Å². The fraction of sp³-hybridized carbons (Fsp3) is 0.211. The van der Waals surface area contributed by atoms with Gasteiger partial charge in [0.1, 0.15) is 0 Å². The first-order valence-electron chi connectivity index (χ1n) is 8.49. The number of nitrogens with zero attached hydrogens (tertiary/aromatic N) is 1. The molecule has 1 aliphatic heterocycles. The van der Waals surface area contributed by atoms with Crippen LogP contribution in [0.5, 0.6) is 0 Å². The molecule has 0 unspecified atom stereocenters. The summed E-state index contributed by atoms with van der Waals surface area (Å²) in [6, 6.07) is 13.5. The van der Waals surface area contributed by atoms with Crippen LogP contribution in [0, 0.1) is 0 Å². The van der Waals surface area contributed by atoms with Crippen LogP contribution in [0.15, 0.2) is 48.5 Å². The lowest BCUT2D eigenvalue weighted by Crippen LogP contribution is -2.40. The summed E-state index contributed by atoms with van der Waals surface area (Å²) < 4.78 is 5.33. The Hall–Kier alpha value is -3.39. The molecular formula is C19H20N4O4. The largest absolute Gasteiger partial charge is 0.398 e. The highest BCUT2D eigenvalue weighted by Gasteiger charge is 2.21. The van der Waals surface area contributed by atoms with Gasteiger partial charge in [-0.25, -0.2) is 0 Å². The van der Waals surface area contributed by atoms with Gasteiger partial charge in [-0.15, -0.1) is 0 Å². The van der Waals surface area contributed by atoms with Crippen molar-refractivity contribution >= 4 is 34.8 Å². The van der Waals surface area contributed by atoms with Crippen LogP contribution < -0.4 is 21.3 Å². The smallest absolute Gasteiger partial charge is 0.316 e. The van der Waals surface area contributed by atoms with Gasteiger partial charge in [0.15, 0.2) is 0 Å². The summed E-state index contributed by atoms with van der Waals surface area (Å²) in [5.41, 5.74) is 7.35. The van der Waals surface area contributed by atoms with Crippen LogP contribution in [0.3, 0.4) is 0 Å². The number of nitrogens with one attached hydrogen (secondary N) is 2. The number of hydrogen-bond acceptors (Lipinski definition) is 6. The number of hydrogen-bond donors (Lipinski definition) is 3. The van der Waals surface area contributed by atoms with Crippen LogP contribution >= 0.6 is 0 Å². The minimum Gasteiger partial charge on any atom is -0.398 e. The Morgan fingerprint density at radius 3 is 2.33 bits per heavy atom. The molecule has 1 aliphatic rings. The molecule has 3 amide bonds. The lowest BCUT2D eigenvalue weighted by Gasteiger charge is -2.30. The zero-order valence-electron chi connectivity index (χ0n) is 14.6. The van der Waals surface area contributed by atoms with Crippen molar-refractivity contribution in [3.05, 3.63) is 54.1 Å². The normalized spacial score (nSPS) is 13.7. The van der Waals surface area contributed by atoms with Gasteiger partial charge in [-0.2, -0.15) is 0 Å². The fourth-order valence-corrected chi connectivity index (χ4v) is 2.77. The standard InChI is InChI=1S/C19H20N4O4/c20-14-6-2-1-5-13(14)17(24)22-19(26)18(25)21-15-7-3-4-8-16(15)23-9-11-27-12-10-23/h1-8H,9-12,20H2,(H,21,25)(H,22,24,26). The van der Waals surface area contributed by atoms with E-state index in [1.165, 1.54) is 12.1 Å². The number of carbonyl (C=O) groups excluding carboxylic acids is 3. The Kier molecular flexibility index (Phi) is 5.68. The van der Waals surface area contributed by atoms with Crippen LogP contribution in [0.1, 0.15) is 10.4 Å². The average molecular weight is 368 g/mol. The number of carbonyl (C=O) groups is 3. The van der Waals surface area contributed by atoms with Gasteiger partial charge in [0.2, 0.25) is 0 Å². The highest BCUT2D eigenvalue weighted by atomic mass is 16.5. The minimum absolute atomic E-state index is 0.132. The molecular weight excluding hydrogens is 348 g/mol. The first kappa shape index (κ1) is 18.4. The predicted molar refractivity (Wildman–Crippen MR) is 101 cm³/mol. The van der Waals surface area contributed by atoms with E-state index >= 15 is 0 Å². The van der Waals surface area contributed by atoms with Crippen molar-refractivity contribution in [3.63, 3.8) is 0 Å². The van der Waals surface area contributed by atoms with Crippen LogP contribution in [-0.2, 0) is 14.3 Å². The highest BCUT2D eigenvalue weighted by molar-refractivity contribution is 6.42. The molecule has 1 heterocycles. The van der Waals surface area contributed by atoms with E-state index in [2.05, 4.69) is 15.5 Å². The average Bonchev–Trinajstić information content (AvgIpc) is 2.69. The van der Waals surface area contributed by atoms with Crippen molar-refractivity contribution < 1.29 is 19.1 Å². The number of benzene rings is 2. The maximum absolute atomic E-state index is 12.2. The van der Waals surface area contributed by atoms with E-state index in [0.29, 0.717) is 32.0 Å². The highest BCUT2D eigenvalue weighted by Crippen LogP contribution is 2.26. The van der Waals surface area contributed by atoms with Crippen LogP contribution in [-0.4, -0.2) is 44.0 Å². The first-order valence-corrected chi connectivity index (χ1v) is 8.49. The van der Waals surface area contributed by atoms with E-state index in [4.69, 9.17) is 10.5 Å². The molecule has 0 spiro atoms. The summed E-state index contributed by atoms with van der Waals surface area (Å²) in [7, 11) is 0. The van der Waals surface area contributed by atoms with Gasteiger partial charge in [0, 0.05) is 18.8 Å². The molecule has 0 atom stereocenters. The summed E-state index contributed by atoms with van der Waals surface area (Å²) in [6.07, 6.45) is 0. The van der Waals surface area contributed by atoms with Crippen LogP contribution in [0.2, 0.25) is 0 Å². The number of anilines is 3. The van der Waals surface area contributed by atoms with Crippen molar-refractivity contribution in [2.24, 2.45) is 0 Å². The van der Waals surface area contributed by atoms with E-state index in [-0.39, 0.29) is 11.3 Å². The second-order valence-corrected chi connectivity index (χ2v) is 5.94. The van der Waals surface area contributed by atoms with Crippen molar-refractivity contribution in [1.82, 2.24) is 5.32 Å². The Balaban J connectivity index is 1.67. The molecule has 8 heteroatoms. The summed E-state index contributed by atoms with van der Waals surface area (Å²) in [5, 5.41) is 4.61. The van der Waals surface area contributed by atoms with Gasteiger partial charge in [0.25, 0.3) is 5.91 Å². The third-order valence-corrected chi connectivity index (χ3v) is 4.14. The molecule has 27 heavy (non-hydrogen) atoms. The van der Waals surface area contributed by atoms with Gasteiger partial charge in [-0.1, -0.05) is 24.3 Å². The topological polar surface area (TPSA) is 114 Å². The SMILES string of the molecule is Nc1ccccc1C(=O)NC(=O)C(=O)Nc1ccccc1N1CCOCC1. The van der Waals surface area contributed by atoms with Crippen molar-refractivity contribution in [1.29, 1.82) is 0 Å². The summed E-state index contributed by atoms with van der Waals surface area (Å²) in [4.78, 5) is 38.6. The molecule has 0 bridgehead atoms. The van der Waals surface area contributed by atoms with Crippen molar-refractivity contribution in [2.75, 3.05) is 42.3 Å². The molecule has 8 nitrogen and oxygen atoms in total. The third kappa shape index (κ3) is 4.42. The summed E-state index contributed by atoms with van der Waals surface area (Å²) in [6.45, 7) is 2.56. The zero-order valence-corrected chi connectivity index (χ0v) is 14.6. The van der Waals surface area contributed by atoms with Gasteiger partial charge >= 0.3 is 11.8 Å². The zero-order chi connectivity index (χ0) is 19.2. The quantitative estimate of drug-likeness (QED) is 0.550. The first-order chi connectivity index (χ1) is 13.1. The van der Waals surface area contributed by atoms with E-state index in [0.717, 1.165) is 5.69 Å². The molecule has 4 N–H and O–H groups in total. The van der Waals surface area contributed by atoms with E-state index < -0.39 is 17.7 Å². The fourth-order valence-electron chi connectivity index (χ4n) is 2.77. The number of ether oxygens (including phenoxy) is 1. The number of para-hydroxylation sites is 3. The lowest BCUT2D eigenvalue weighted by atomic mass is 10.1. The van der Waals surface area contributed by atoms with Gasteiger partial charge < -0.3 is 20.7 Å². The lowest BCUT2D eigenvalue weighted by molar-refractivity contribution is -0.135. The molecule has 2 aromatic rings. The number of rotatable bonds is 3. The Morgan fingerprint density at radius 2 is 1.59 bits per heavy atom. The van der Waals surface area contributed by atoms with Crippen LogP contribution in [0.25, 0.3) is 0 Å². The van der Waals surface area contributed by atoms with Gasteiger partial charge in [0.05, 0.1) is 30.2 Å². The Bertz CT molecular complexity index is 862. The molecule has 1 fully saturated rings. The number of amides is 3. The van der Waals surface area contributed by atoms with Gasteiger partial charge in [-0.3, -0.25) is 19.7 Å². The molecule has 0 aromatic heterocycles. The molecule has 3 rings (SSSR count). The maximum Gasteiger partial charge on any atom is 0.316 e. The maximum atomic E-state index is 12.2. The minimum atomic E-state index is -1.06. The number of nitrogens with two attached hydrogens (primary N) is 1. The molecule has 140 valence electrons. The van der Waals surface area contributed by atoms with Crippen molar-refractivity contribution in [2.45, 2.75) is 0 Å². The molecule has 1 saturated heterocycles. The summed E-state index contributed by atoms with van der Waals surface area (Å²) in [5.74, 6) is -2.71. The van der Waals surface area contributed by atoms with E-state index in [1.54, 1.807) is 24.3 Å². The summed E-state index contributed by atoms with van der Waals surface area (Å²) >= 11 is 0. The van der Waals surface area contributed by atoms with Crippen LogP contribution in [0.4, 0.5) is 17.1 Å². The van der Waals surface area contributed by atoms with Crippen molar-refractivity contribution in [3.8, 4) is 0 Å². The number of morpholine rings is 1. The monoisotopic (exact) mass is 368 g/mol. The Morgan fingerprint density at radius 1 is 0.926 bits per heavy atom. The second kappa shape index (κ2) is 8.33. The second-order valence-electron chi connectivity index (χ2n) is 5.94. The molecule has 0 aliphatic carbocycles.